The van der Waals surface area contributed by atoms with Crippen molar-refractivity contribution in [3.05, 3.63) is 47.9 Å². The second kappa shape index (κ2) is 8.34. The maximum absolute atomic E-state index is 10.8. The Morgan fingerprint density at radius 1 is 1.21 bits per heavy atom. The van der Waals surface area contributed by atoms with Crippen LogP contribution in [0.15, 0.2) is 36.8 Å². The van der Waals surface area contributed by atoms with E-state index in [2.05, 4.69) is 39.9 Å². The van der Waals surface area contributed by atoms with Crippen molar-refractivity contribution < 1.29 is 5.11 Å². The van der Waals surface area contributed by atoms with Crippen LogP contribution in [0.4, 0.5) is 11.6 Å². The van der Waals surface area contributed by atoms with Gasteiger partial charge in [0.05, 0.1) is 11.8 Å². The Labute approximate surface area is 170 Å². The van der Waals surface area contributed by atoms with Crippen LogP contribution in [0.2, 0.25) is 0 Å². The van der Waals surface area contributed by atoms with Gasteiger partial charge in [0.25, 0.3) is 0 Å². The van der Waals surface area contributed by atoms with Crippen molar-refractivity contribution in [3.8, 4) is 0 Å². The highest BCUT2D eigenvalue weighted by atomic mass is 16.3. The van der Waals surface area contributed by atoms with Crippen LogP contribution in [0, 0.1) is 0 Å². The molecule has 0 atom stereocenters. The third kappa shape index (κ3) is 4.49. The van der Waals surface area contributed by atoms with Gasteiger partial charge in [-0.15, -0.1) is 0 Å². The Bertz CT molecular complexity index is 948. The van der Waals surface area contributed by atoms with Gasteiger partial charge in [-0.1, -0.05) is 13.8 Å². The molecule has 0 spiro atoms. The van der Waals surface area contributed by atoms with Crippen molar-refractivity contribution in [2.75, 3.05) is 30.3 Å². The fraction of sp³-hybridized carbons (Fsp3) is 0.476. The zero-order chi connectivity index (χ0) is 20.3. The summed E-state index contributed by atoms with van der Waals surface area (Å²) in [6.07, 6.45) is 6.93. The van der Waals surface area contributed by atoms with E-state index in [0.29, 0.717) is 19.0 Å². The lowest BCUT2D eigenvalue weighted by Crippen LogP contribution is -2.46. The quantitative estimate of drug-likeness (QED) is 0.487. The number of piperidine rings is 1. The van der Waals surface area contributed by atoms with Crippen LogP contribution in [-0.4, -0.2) is 49.9 Å². The number of nitrogens with one attached hydrogen (secondary N) is 3. The van der Waals surface area contributed by atoms with Gasteiger partial charge in [-0.05, 0) is 49.5 Å². The molecule has 0 radical (unpaired) electrons. The number of rotatable bonds is 7. The summed E-state index contributed by atoms with van der Waals surface area (Å²) < 4.78 is 1.85. The molecule has 4 rings (SSSR count). The van der Waals surface area contributed by atoms with Gasteiger partial charge >= 0.3 is 0 Å². The van der Waals surface area contributed by atoms with Gasteiger partial charge in [0.1, 0.15) is 11.6 Å². The lowest BCUT2D eigenvalue weighted by Gasteiger charge is -2.32. The minimum absolute atomic E-state index is 0.317. The molecular weight excluding hydrogens is 366 g/mol. The summed E-state index contributed by atoms with van der Waals surface area (Å²) in [5, 5.41) is 25.5. The number of aromatic nitrogens is 4. The van der Waals surface area contributed by atoms with Crippen molar-refractivity contribution in [3.63, 3.8) is 0 Å². The second-order valence-electron chi connectivity index (χ2n) is 8.05. The van der Waals surface area contributed by atoms with Gasteiger partial charge < -0.3 is 21.1 Å². The summed E-state index contributed by atoms with van der Waals surface area (Å²) in [6, 6.07) is 5.93. The molecule has 154 valence electrons. The normalized spacial score (nSPS) is 16.3. The van der Waals surface area contributed by atoms with Gasteiger partial charge in [0.2, 0.25) is 0 Å². The van der Waals surface area contributed by atoms with Crippen molar-refractivity contribution in [1.29, 1.82) is 0 Å². The maximum atomic E-state index is 10.8. The van der Waals surface area contributed by atoms with Gasteiger partial charge in [-0.2, -0.15) is 9.61 Å². The van der Waals surface area contributed by atoms with Crippen LogP contribution in [0.25, 0.3) is 5.65 Å². The molecule has 1 aliphatic heterocycles. The molecule has 0 unspecified atom stereocenters. The monoisotopic (exact) mass is 395 g/mol. The Morgan fingerprint density at radius 2 is 1.97 bits per heavy atom. The van der Waals surface area contributed by atoms with Crippen LogP contribution in [0.1, 0.15) is 43.7 Å². The molecule has 1 saturated heterocycles. The van der Waals surface area contributed by atoms with Crippen LogP contribution in [0.5, 0.6) is 0 Å². The first-order valence-corrected chi connectivity index (χ1v) is 10.2. The van der Waals surface area contributed by atoms with E-state index in [1.807, 2.05) is 28.9 Å². The van der Waals surface area contributed by atoms with E-state index in [4.69, 9.17) is 4.98 Å². The molecule has 3 aromatic rings. The van der Waals surface area contributed by atoms with Crippen LogP contribution in [-0.2, 0) is 6.54 Å². The summed E-state index contributed by atoms with van der Waals surface area (Å²) in [4.78, 5) is 8.87. The molecule has 4 N–H and O–H groups in total. The van der Waals surface area contributed by atoms with E-state index < -0.39 is 5.60 Å². The fourth-order valence-electron chi connectivity index (χ4n) is 3.62. The molecule has 0 bridgehead atoms. The maximum Gasteiger partial charge on any atom is 0.163 e. The summed E-state index contributed by atoms with van der Waals surface area (Å²) in [6.45, 7) is 7.09. The smallest absolute Gasteiger partial charge is 0.163 e. The number of fused-ring (bicyclic) bond motifs is 1. The summed E-state index contributed by atoms with van der Waals surface area (Å²) in [5.74, 6) is 1.92. The molecule has 0 aromatic carbocycles. The number of hydrogen-bond acceptors (Lipinski definition) is 7. The number of hydrogen-bond donors (Lipinski definition) is 4. The molecule has 4 heterocycles. The molecule has 3 aromatic heterocycles. The predicted molar refractivity (Wildman–Crippen MR) is 114 cm³/mol. The summed E-state index contributed by atoms with van der Waals surface area (Å²) in [5.41, 5.74) is 2.37. The highest BCUT2D eigenvalue weighted by Crippen LogP contribution is 2.25. The molecule has 29 heavy (non-hydrogen) atoms. The molecule has 0 aliphatic carbocycles. The van der Waals surface area contributed by atoms with Crippen molar-refractivity contribution in [2.24, 2.45) is 0 Å². The highest BCUT2D eigenvalue weighted by molar-refractivity contribution is 5.61. The van der Waals surface area contributed by atoms with E-state index in [0.717, 1.165) is 54.3 Å². The average molecular weight is 396 g/mol. The molecule has 0 saturated carbocycles. The highest BCUT2D eigenvalue weighted by Gasteiger charge is 2.29. The third-order valence-electron chi connectivity index (χ3n) is 5.48. The largest absolute Gasteiger partial charge is 0.388 e. The molecule has 8 heteroatoms. The second-order valence-corrected chi connectivity index (χ2v) is 8.05. The summed E-state index contributed by atoms with van der Waals surface area (Å²) >= 11 is 0. The van der Waals surface area contributed by atoms with E-state index >= 15 is 0 Å². The molecule has 0 amide bonds. The Balaban J connectivity index is 1.60. The van der Waals surface area contributed by atoms with Crippen LogP contribution in [0.3, 0.4) is 0 Å². The Morgan fingerprint density at radius 3 is 2.69 bits per heavy atom. The van der Waals surface area contributed by atoms with E-state index in [9.17, 15) is 5.11 Å². The fourth-order valence-corrected chi connectivity index (χ4v) is 3.62. The number of anilines is 2. The molecular formula is C21H29N7O. The SMILES string of the molecule is CC(C)c1cnn2c(NCc3ccncc3)cc(NCC3(O)CCNCC3)nc12. The lowest BCUT2D eigenvalue weighted by atomic mass is 9.92. The van der Waals surface area contributed by atoms with Gasteiger partial charge in [0.15, 0.2) is 5.65 Å². The van der Waals surface area contributed by atoms with E-state index in [1.165, 1.54) is 0 Å². The lowest BCUT2D eigenvalue weighted by molar-refractivity contribution is 0.0231. The molecule has 8 nitrogen and oxygen atoms in total. The molecule has 1 fully saturated rings. The standard InChI is InChI=1S/C21H29N7O/c1-15(2)17-13-26-28-19(24-12-16-3-7-22-8-4-16)11-18(27-20(17)28)25-14-21(29)5-9-23-10-6-21/h3-4,7-8,11,13,15,23-24,29H,5-6,9-10,12,14H2,1-2H3,(H,25,27). The topological polar surface area (TPSA) is 99.4 Å². The third-order valence-corrected chi connectivity index (χ3v) is 5.48. The summed E-state index contributed by atoms with van der Waals surface area (Å²) in [7, 11) is 0. The zero-order valence-corrected chi connectivity index (χ0v) is 17.0. The number of nitrogens with zero attached hydrogens (tertiary/aromatic N) is 4. The van der Waals surface area contributed by atoms with Crippen molar-refractivity contribution in [1.82, 2.24) is 24.9 Å². The van der Waals surface area contributed by atoms with Gasteiger partial charge in [0, 0.05) is 37.1 Å². The Hall–Kier alpha value is -2.71. The minimum atomic E-state index is -0.704. The number of pyridine rings is 1. The van der Waals surface area contributed by atoms with E-state index in [-0.39, 0.29) is 0 Å². The van der Waals surface area contributed by atoms with Crippen LogP contribution >= 0.6 is 0 Å². The average Bonchev–Trinajstić information content (AvgIpc) is 3.16. The number of aliphatic hydroxyl groups is 1. The van der Waals surface area contributed by atoms with Gasteiger partial charge in [-0.25, -0.2) is 4.98 Å². The Kier molecular flexibility index (Phi) is 5.64. The predicted octanol–water partition coefficient (Wildman–Crippen LogP) is 2.39. The molecule has 1 aliphatic rings. The van der Waals surface area contributed by atoms with Crippen LogP contribution < -0.4 is 16.0 Å². The van der Waals surface area contributed by atoms with Gasteiger partial charge in [-0.3, -0.25) is 4.98 Å². The minimum Gasteiger partial charge on any atom is -0.388 e. The zero-order valence-electron chi connectivity index (χ0n) is 17.0. The van der Waals surface area contributed by atoms with Crippen molar-refractivity contribution in [2.45, 2.75) is 44.8 Å². The first kappa shape index (κ1) is 19.6. The van der Waals surface area contributed by atoms with E-state index in [1.54, 1.807) is 12.4 Å². The first-order chi connectivity index (χ1) is 14.0. The van der Waals surface area contributed by atoms with Crippen molar-refractivity contribution >= 4 is 17.3 Å². The first-order valence-electron chi connectivity index (χ1n) is 10.2.